The molecule has 3 nitrogen and oxygen atoms in total. The topological polar surface area (TPSA) is 42.2 Å². The zero-order chi connectivity index (χ0) is 35.1. The zero-order valence-electron chi connectivity index (χ0n) is 32.9. The summed E-state index contributed by atoms with van der Waals surface area (Å²) in [6.45, 7) is 6.13. The Morgan fingerprint density at radius 3 is 1.00 bits per heavy atom. The van der Waals surface area contributed by atoms with Crippen LogP contribution < -0.4 is 9.47 Å². The van der Waals surface area contributed by atoms with Crippen molar-refractivity contribution in [2.45, 2.75) is 226 Å². The van der Waals surface area contributed by atoms with E-state index in [1.807, 2.05) is 0 Å². The normalized spacial score (nSPS) is 11.2. The van der Waals surface area contributed by atoms with Gasteiger partial charge in [-0.2, -0.15) is 5.26 Å². The molecule has 0 aliphatic heterocycles. The summed E-state index contributed by atoms with van der Waals surface area (Å²) in [7, 11) is 0. The van der Waals surface area contributed by atoms with Crippen molar-refractivity contribution < 1.29 is 9.47 Å². The van der Waals surface area contributed by atoms with Crippen LogP contribution in [-0.4, -0.2) is 19.0 Å². The third kappa shape index (κ3) is 32.3. The van der Waals surface area contributed by atoms with E-state index in [1.54, 1.807) is 0 Å². The number of thioether (sulfide) groups is 1. The molecule has 1 aromatic carbocycles. The number of thiocyanates is 1. The van der Waals surface area contributed by atoms with Gasteiger partial charge in [0.2, 0.25) is 0 Å². The van der Waals surface area contributed by atoms with Gasteiger partial charge in [-0.15, -0.1) is 0 Å². The van der Waals surface area contributed by atoms with E-state index in [9.17, 15) is 0 Å². The maximum absolute atomic E-state index is 8.95. The predicted molar refractivity (Wildman–Crippen MR) is 218 cm³/mol. The fraction of sp³-hybridized carbons (Fsp3) is 0.844. The molecule has 0 aromatic heterocycles. The predicted octanol–water partition coefficient (Wildman–Crippen LogP) is 15.7. The van der Waals surface area contributed by atoms with Crippen molar-refractivity contribution in [2.24, 2.45) is 0 Å². The summed E-state index contributed by atoms with van der Waals surface area (Å²) in [4.78, 5) is 0. The molecule has 284 valence electrons. The van der Waals surface area contributed by atoms with Gasteiger partial charge in [0.1, 0.15) is 16.9 Å². The first-order valence-corrected chi connectivity index (χ1v) is 22.7. The molecule has 0 spiro atoms. The van der Waals surface area contributed by atoms with Crippen LogP contribution in [0, 0.1) is 10.7 Å². The summed E-state index contributed by atoms with van der Waals surface area (Å²) in [5.74, 6) is 2.64. The number of hydrogen-bond donors (Lipinski definition) is 0. The number of unbranched alkanes of at least 4 members (excludes halogenated alkanes) is 30. The molecule has 0 radical (unpaired) electrons. The summed E-state index contributed by atoms with van der Waals surface area (Å²) in [5.41, 5.74) is 1.20. The minimum atomic E-state index is 0.771. The Labute approximate surface area is 310 Å². The van der Waals surface area contributed by atoms with Gasteiger partial charge in [-0.1, -0.05) is 206 Å². The highest BCUT2D eigenvalue weighted by molar-refractivity contribution is 8.03. The van der Waals surface area contributed by atoms with Crippen LogP contribution in [0.1, 0.15) is 225 Å². The Morgan fingerprint density at radius 1 is 0.429 bits per heavy atom. The summed E-state index contributed by atoms with van der Waals surface area (Å²) < 4.78 is 12.4. The molecule has 0 fully saturated rings. The lowest BCUT2D eigenvalue weighted by Gasteiger charge is -2.12. The van der Waals surface area contributed by atoms with Crippen molar-refractivity contribution in [3.63, 3.8) is 0 Å². The molecule has 0 heterocycles. The van der Waals surface area contributed by atoms with Crippen molar-refractivity contribution in [3.8, 4) is 16.9 Å². The van der Waals surface area contributed by atoms with Crippen LogP contribution in [0.25, 0.3) is 0 Å². The van der Waals surface area contributed by atoms with Gasteiger partial charge in [-0.05, 0) is 48.7 Å². The van der Waals surface area contributed by atoms with Crippen LogP contribution in [0.5, 0.6) is 11.5 Å². The van der Waals surface area contributed by atoms with Gasteiger partial charge in [0.25, 0.3) is 0 Å². The van der Waals surface area contributed by atoms with E-state index in [0.717, 1.165) is 49.7 Å². The molecule has 1 aromatic rings. The molecular formula is C45H81NO2S. The zero-order valence-corrected chi connectivity index (χ0v) is 33.7. The minimum absolute atomic E-state index is 0.771. The summed E-state index contributed by atoms with van der Waals surface area (Å²) in [6.07, 6.45) is 45.1. The number of rotatable bonds is 39. The highest BCUT2D eigenvalue weighted by atomic mass is 32.2. The molecule has 1 rings (SSSR count). The van der Waals surface area contributed by atoms with Crippen molar-refractivity contribution in [1.29, 1.82) is 5.26 Å². The average Bonchev–Trinajstić information content (AvgIpc) is 3.11. The van der Waals surface area contributed by atoms with E-state index in [4.69, 9.17) is 14.7 Å². The van der Waals surface area contributed by atoms with Gasteiger partial charge < -0.3 is 9.47 Å². The smallest absolute Gasteiger partial charge is 0.133 e. The standard InChI is InChI=1S/C45H81NO2S/c1-3-5-7-9-11-13-15-17-19-21-23-25-27-29-31-33-36-47-44-39-43(35-38-49-42-46)40-45(41-44)48-37-34-32-30-28-26-24-22-20-18-16-14-12-10-8-6-4-2/h39-41H,3-38H2,1-2H3. The fourth-order valence-electron chi connectivity index (χ4n) is 6.84. The summed E-state index contributed by atoms with van der Waals surface area (Å²) >= 11 is 1.32. The highest BCUT2D eigenvalue weighted by Crippen LogP contribution is 2.25. The molecule has 4 heteroatoms. The van der Waals surface area contributed by atoms with Crippen molar-refractivity contribution in [1.82, 2.24) is 0 Å². The Kier molecular flexibility index (Phi) is 35.3. The van der Waals surface area contributed by atoms with Crippen molar-refractivity contribution in [3.05, 3.63) is 23.8 Å². The maximum Gasteiger partial charge on any atom is 0.133 e. The summed E-state index contributed by atoms with van der Waals surface area (Å²) in [6, 6.07) is 6.36. The number of nitriles is 1. The van der Waals surface area contributed by atoms with Crippen LogP contribution in [0.3, 0.4) is 0 Å². The molecule has 0 saturated heterocycles. The third-order valence-electron chi connectivity index (χ3n) is 10.0. The molecule has 0 amide bonds. The lowest BCUT2D eigenvalue weighted by atomic mass is 10.0. The Balaban J connectivity index is 2.08. The first kappa shape index (κ1) is 45.7. The van der Waals surface area contributed by atoms with Crippen molar-refractivity contribution in [2.75, 3.05) is 19.0 Å². The average molecular weight is 700 g/mol. The van der Waals surface area contributed by atoms with Gasteiger partial charge in [0.15, 0.2) is 0 Å². The largest absolute Gasteiger partial charge is 0.493 e. The van der Waals surface area contributed by atoms with Gasteiger partial charge in [0, 0.05) is 11.8 Å². The number of aryl methyl sites for hydroxylation is 1. The molecule has 0 N–H and O–H groups in total. The number of nitrogens with zero attached hydrogens (tertiary/aromatic N) is 1. The second-order valence-corrected chi connectivity index (χ2v) is 15.7. The third-order valence-corrected chi connectivity index (χ3v) is 10.6. The van der Waals surface area contributed by atoms with Crippen LogP contribution in [-0.2, 0) is 6.42 Å². The number of hydrogen-bond acceptors (Lipinski definition) is 4. The van der Waals surface area contributed by atoms with Gasteiger partial charge in [-0.25, -0.2) is 0 Å². The van der Waals surface area contributed by atoms with Gasteiger partial charge in [0.05, 0.1) is 13.2 Å². The molecule has 49 heavy (non-hydrogen) atoms. The molecule has 0 atom stereocenters. The van der Waals surface area contributed by atoms with Gasteiger partial charge >= 0.3 is 0 Å². The van der Waals surface area contributed by atoms with E-state index in [2.05, 4.69) is 37.4 Å². The monoisotopic (exact) mass is 700 g/mol. The van der Waals surface area contributed by atoms with Crippen LogP contribution in [0.15, 0.2) is 18.2 Å². The molecular weight excluding hydrogens is 619 g/mol. The molecule has 0 aliphatic rings. The van der Waals surface area contributed by atoms with Crippen molar-refractivity contribution >= 4 is 11.8 Å². The lowest BCUT2D eigenvalue weighted by molar-refractivity contribution is 0.289. The minimum Gasteiger partial charge on any atom is -0.493 e. The van der Waals surface area contributed by atoms with E-state index < -0.39 is 0 Å². The second kappa shape index (κ2) is 37.9. The van der Waals surface area contributed by atoms with Crippen LogP contribution in [0.4, 0.5) is 0 Å². The summed E-state index contributed by atoms with van der Waals surface area (Å²) in [5, 5.41) is 11.1. The van der Waals surface area contributed by atoms with E-state index in [0.29, 0.717) is 0 Å². The highest BCUT2D eigenvalue weighted by Gasteiger charge is 2.05. The molecule has 0 aliphatic carbocycles. The number of ether oxygens (including phenoxy) is 2. The van der Waals surface area contributed by atoms with Crippen LogP contribution in [0.2, 0.25) is 0 Å². The van der Waals surface area contributed by atoms with E-state index in [1.165, 1.54) is 210 Å². The van der Waals surface area contributed by atoms with Crippen LogP contribution >= 0.6 is 11.8 Å². The van der Waals surface area contributed by atoms with E-state index >= 15 is 0 Å². The SMILES string of the molecule is CCCCCCCCCCCCCCCCCCOc1cc(CCSC#N)cc(OCCCCCCCCCCCCCCCCCC)c1. The quantitative estimate of drug-likeness (QED) is 0.0507. The second-order valence-electron chi connectivity index (χ2n) is 14.8. The first-order valence-electron chi connectivity index (χ1n) is 21.7. The molecule has 0 bridgehead atoms. The van der Waals surface area contributed by atoms with E-state index in [-0.39, 0.29) is 0 Å². The fourth-order valence-corrected chi connectivity index (χ4v) is 7.27. The first-order chi connectivity index (χ1) is 24.3. The van der Waals surface area contributed by atoms with Gasteiger partial charge in [-0.3, -0.25) is 0 Å². The maximum atomic E-state index is 8.95. The molecule has 0 unspecified atom stereocenters. The molecule has 0 saturated carbocycles. The number of benzene rings is 1. The Hall–Kier alpha value is -1.34. The Bertz CT molecular complexity index is 797. The lowest BCUT2D eigenvalue weighted by Crippen LogP contribution is -2.02. The Morgan fingerprint density at radius 2 is 0.714 bits per heavy atom.